The summed E-state index contributed by atoms with van der Waals surface area (Å²) < 4.78 is 0. The third-order valence-corrected chi connectivity index (χ3v) is 4.23. The molecule has 21 heavy (non-hydrogen) atoms. The maximum absolute atomic E-state index is 6.88. The Bertz CT molecular complexity index is 602. The van der Waals surface area contributed by atoms with E-state index >= 15 is 0 Å². The number of benzene rings is 2. The Balaban J connectivity index is 0.000000677. The Labute approximate surface area is 127 Å². The molecule has 0 aromatic heterocycles. The van der Waals surface area contributed by atoms with Gasteiger partial charge in [0.25, 0.3) is 6.26 Å². The molecule has 1 N–H and O–H groups in total. The molecule has 0 heterocycles. The molecule has 2 nitrogen and oxygen atoms in total. The van der Waals surface area contributed by atoms with Gasteiger partial charge >= 0.3 is 0 Å². The van der Waals surface area contributed by atoms with Crippen LogP contribution >= 0.6 is 0 Å². The van der Waals surface area contributed by atoms with Gasteiger partial charge in [-0.15, -0.1) is 0 Å². The summed E-state index contributed by atoms with van der Waals surface area (Å²) in [6.07, 6.45) is 0.750. The van der Waals surface area contributed by atoms with Crippen LogP contribution in [0.2, 0.25) is 0 Å². The van der Waals surface area contributed by atoms with Gasteiger partial charge in [0, 0.05) is 5.92 Å². The highest BCUT2D eigenvalue weighted by atomic mass is 16.2. The van der Waals surface area contributed by atoms with Crippen molar-refractivity contribution in [2.45, 2.75) is 40.5 Å². The molecule has 0 spiro atoms. The Hall–Kier alpha value is -2.27. The lowest BCUT2D eigenvalue weighted by Gasteiger charge is -2.19. The van der Waals surface area contributed by atoms with E-state index in [1.54, 1.807) is 0 Å². The van der Waals surface area contributed by atoms with Crippen LogP contribution < -0.4 is 0 Å². The van der Waals surface area contributed by atoms with E-state index < -0.39 is 0 Å². The van der Waals surface area contributed by atoms with Crippen molar-refractivity contribution < 1.29 is 5.11 Å². The van der Waals surface area contributed by atoms with Gasteiger partial charge in [-0.2, -0.15) is 5.26 Å². The second-order valence-electron chi connectivity index (χ2n) is 5.40. The van der Waals surface area contributed by atoms with E-state index in [9.17, 15) is 0 Å². The van der Waals surface area contributed by atoms with Crippen molar-refractivity contribution in [3.05, 3.63) is 69.8 Å². The number of aliphatic hydroxyl groups is 1. The summed E-state index contributed by atoms with van der Waals surface area (Å²) in [5, 5.41) is 13.8. The second-order valence-corrected chi connectivity index (χ2v) is 5.40. The fraction of sp³-hybridized carbons (Fsp3) is 0.316. The normalized spacial score (nSPS) is 9.76. The van der Waals surface area contributed by atoms with Gasteiger partial charge in [0.05, 0.1) is 0 Å². The van der Waals surface area contributed by atoms with Gasteiger partial charge in [-0.3, -0.25) is 0 Å². The summed E-state index contributed by atoms with van der Waals surface area (Å²) in [6, 6.07) is 13.2. The van der Waals surface area contributed by atoms with Crippen LogP contribution in [0.15, 0.2) is 36.4 Å². The smallest absolute Gasteiger partial charge is 0.283 e. The molecule has 2 aromatic carbocycles. The van der Waals surface area contributed by atoms with Gasteiger partial charge in [-0.05, 0) is 61.1 Å². The van der Waals surface area contributed by atoms with E-state index in [4.69, 9.17) is 10.4 Å². The Morgan fingerprint density at radius 2 is 1.19 bits per heavy atom. The van der Waals surface area contributed by atoms with Crippen LogP contribution in [0, 0.1) is 39.2 Å². The molecule has 0 amide bonds. The topological polar surface area (TPSA) is 44.0 Å². The maximum Gasteiger partial charge on any atom is 0.283 e. The number of aryl methyl sites for hydroxylation is 2. The number of nitrogens with zero attached hydrogens (tertiary/aromatic N) is 1. The van der Waals surface area contributed by atoms with Crippen LogP contribution in [0.5, 0.6) is 0 Å². The minimum atomic E-state index is 0.463. The van der Waals surface area contributed by atoms with Crippen molar-refractivity contribution in [3.63, 3.8) is 0 Å². The van der Waals surface area contributed by atoms with Crippen molar-refractivity contribution in [2.24, 2.45) is 0 Å². The minimum absolute atomic E-state index is 0.463. The van der Waals surface area contributed by atoms with Crippen LogP contribution in [0.4, 0.5) is 0 Å². The fourth-order valence-electron chi connectivity index (χ4n) is 2.65. The predicted molar refractivity (Wildman–Crippen MR) is 86.9 cm³/mol. The number of hydrogen-bond acceptors (Lipinski definition) is 2. The zero-order valence-electron chi connectivity index (χ0n) is 13.4. The van der Waals surface area contributed by atoms with Gasteiger partial charge in [-0.1, -0.05) is 43.3 Å². The van der Waals surface area contributed by atoms with Crippen LogP contribution in [0.25, 0.3) is 0 Å². The molecule has 2 rings (SSSR count). The third kappa shape index (κ3) is 3.86. The van der Waals surface area contributed by atoms with Gasteiger partial charge in [0.15, 0.2) is 0 Å². The van der Waals surface area contributed by atoms with E-state index in [1.165, 1.54) is 33.4 Å². The van der Waals surface area contributed by atoms with Crippen LogP contribution in [0.3, 0.4) is 0 Å². The summed E-state index contributed by atoms with van der Waals surface area (Å²) in [5.41, 5.74) is 8.50. The molecule has 0 radical (unpaired) electrons. The van der Waals surface area contributed by atoms with Gasteiger partial charge in [-0.25, -0.2) is 0 Å². The lowest BCUT2D eigenvalue weighted by atomic mass is 9.85. The third-order valence-electron chi connectivity index (χ3n) is 4.23. The zero-order chi connectivity index (χ0) is 16.0. The largest absolute Gasteiger partial charge is 0.443 e. The van der Waals surface area contributed by atoms with Gasteiger partial charge in [0.2, 0.25) is 0 Å². The van der Waals surface area contributed by atoms with E-state index in [0.717, 1.165) is 6.26 Å². The molecule has 0 bridgehead atoms. The van der Waals surface area contributed by atoms with Crippen LogP contribution in [-0.2, 0) is 0 Å². The van der Waals surface area contributed by atoms with E-state index in [2.05, 4.69) is 71.0 Å². The first-order chi connectivity index (χ1) is 9.93. The quantitative estimate of drug-likeness (QED) is 0.795. The molecule has 0 atom stereocenters. The highest BCUT2D eigenvalue weighted by molar-refractivity contribution is 5.44. The van der Waals surface area contributed by atoms with Crippen LogP contribution in [0.1, 0.15) is 46.2 Å². The average molecular weight is 281 g/mol. The highest BCUT2D eigenvalue weighted by Crippen LogP contribution is 2.30. The molecule has 0 unspecified atom stereocenters. The number of rotatable bonds is 2. The molecule has 0 fully saturated rings. The first-order valence-corrected chi connectivity index (χ1v) is 7.09. The molecule has 2 heteroatoms. The average Bonchev–Trinajstić information content (AvgIpc) is 2.45. The molecule has 0 aliphatic rings. The standard InChI is InChI=1S/C18H22.CHNO/c1-12-8-6-10-17(14(12)3)16(5)18-11-7-9-13(2)15(18)4;2-1-3/h6-11,16H,1-5H3;3H. The lowest BCUT2D eigenvalue weighted by Crippen LogP contribution is -2.03. The summed E-state index contributed by atoms with van der Waals surface area (Å²) in [4.78, 5) is 0. The Morgan fingerprint density at radius 3 is 1.52 bits per heavy atom. The fourth-order valence-corrected chi connectivity index (χ4v) is 2.65. The Morgan fingerprint density at radius 1 is 0.857 bits per heavy atom. The summed E-state index contributed by atoms with van der Waals surface area (Å²) in [5.74, 6) is 0.463. The Kier molecular flexibility index (Phi) is 5.99. The van der Waals surface area contributed by atoms with Crippen molar-refractivity contribution in [3.8, 4) is 6.26 Å². The van der Waals surface area contributed by atoms with Crippen molar-refractivity contribution in [1.82, 2.24) is 0 Å². The molecule has 0 aliphatic carbocycles. The maximum atomic E-state index is 6.88. The molecular formula is C19H23NO. The first kappa shape index (κ1) is 16.8. The van der Waals surface area contributed by atoms with E-state index in [-0.39, 0.29) is 0 Å². The van der Waals surface area contributed by atoms with E-state index in [0.29, 0.717) is 5.92 Å². The molecule has 110 valence electrons. The monoisotopic (exact) mass is 281 g/mol. The summed E-state index contributed by atoms with van der Waals surface area (Å²) in [6.45, 7) is 11.1. The SMILES string of the molecule is Cc1cccc(C(C)c2cccc(C)c2C)c1C.N#CO. The minimum Gasteiger partial charge on any atom is -0.443 e. The lowest BCUT2D eigenvalue weighted by molar-refractivity contribution is 0.503. The molecule has 0 aliphatic heterocycles. The number of aliphatic hydroxyl groups excluding tert-OH is 1. The van der Waals surface area contributed by atoms with Gasteiger partial charge < -0.3 is 5.11 Å². The summed E-state index contributed by atoms with van der Waals surface area (Å²) in [7, 11) is 0. The predicted octanol–water partition coefficient (Wildman–Crippen LogP) is 4.91. The number of nitriles is 1. The number of hydrogen-bond donors (Lipinski definition) is 1. The molecule has 0 saturated heterocycles. The molecule has 2 aromatic rings. The second kappa shape index (κ2) is 7.50. The molecular weight excluding hydrogens is 258 g/mol. The van der Waals surface area contributed by atoms with Gasteiger partial charge in [0.1, 0.15) is 0 Å². The van der Waals surface area contributed by atoms with Crippen molar-refractivity contribution in [1.29, 1.82) is 5.26 Å². The summed E-state index contributed by atoms with van der Waals surface area (Å²) >= 11 is 0. The molecule has 0 saturated carbocycles. The van der Waals surface area contributed by atoms with Crippen LogP contribution in [-0.4, -0.2) is 5.11 Å². The van der Waals surface area contributed by atoms with Crippen molar-refractivity contribution in [2.75, 3.05) is 0 Å². The van der Waals surface area contributed by atoms with E-state index in [1.807, 2.05) is 0 Å². The van der Waals surface area contributed by atoms with Crippen molar-refractivity contribution >= 4 is 0 Å². The first-order valence-electron chi connectivity index (χ1n) is 7.09. The highest BCUT2D eigenvalue weighted by Gasteiger charge is 2.14. The zero-order valence-corrected chi connectivity index (χ0v) is 13.4.